The van der Waals surface area contributed by atoms with Crippen molar-refractivity contribution in [1.82, 2.24) is 0 Å². The van der Waals surface area contributed by atoms with Gasteiger partial charge in [-0.2, -0.15) is 0 Å². The fourth-order valence-electron chi connectivity index (χ4n) is 0.650. The van der Waals surface area contributed by atoms with Gasteiger partial charge in [-0.3, -0.25) is 5.73 Å². The Morgan fingerprint density at radius 1 is 1.62 bits per heavy atom. The predicted molar refractivity (Wildman–Crippen MR) is 42.7 cm³/mol. The van der Waals surface area contributed by atoms with Crippen LogP contribution in [0.3, 0.4) is 0 Å². The maximum atomic E-state index is 12.8. The third-order valence-electron chi connectivity index (χ3n) is 1.58. The van der Waals surface area contributed by atoms with Crippen LogP contribution in [-0.4, -0.2) is 23.3 Å². The minimum absolute atomic E-state index is 0. The molecule has 0 heterocycles. The number of rotatable bonds is 4. The number of hydrogen-bond acceptors (Lipinski definition) is 2. The van der Waals surface area contributed by atoms with E-state index in [-0.39, 0.29) is 12.4 Å². The second-order valence-corrected chi connectivity index (χ2v) is 2.60. The van der Waals surface area contributed by atoms with E-state index in [9.17, 15) is 18.0 Å². The summed E-state index contributed by atoms with van der Waals surface area (Å²) in [5.74, 6) is -6.40. The number of carboxylic acid groups (broad SMARTS) is 1. The molecule has 0 rings (SSSR count). The summed E-state index contributed by atoms with van der Waals surface area (Å²) in [4.78, 5) is 10.1. The van der Waals surface area contributed by atoms with Gasteiger partial charge in [-0.1, -0.05) is 6.92 Å². The van der Waals surface area contributed by atoms with Gasteiger partial charge < -0.3 is 5.11 Å². The van der Waals surface area contributed by atoms with Gasteiger partial charge in [-0.15, -0.1) is 12.4 Å². The van der Waals surface area contributed by atoms with Gasteiger partial charge in [0.25, 0.3) is 5.79 Å². The largest absolute Gasteiger partial charge is 0.478 e. The van der Waals surface area contributed by atoms with Crippen LogP contribution in [0, 0.1) is 5.92 Å². The van der Waals surface area contributed by atoms with Crippen molar-refractivity contribution in [1.29, 1.82) is 0 Å². The minimum atomic E-state index is -3.07. The zero-order valence-electron chi connectivity index (χ0n) is 6.84. The summed E-state index contributed by atoms with van der Waals surface area (Å²) < 4.78 is 36.1. The summed E-state index contributed by atoms with van der Waals surface area (Å²) in [7, 11) is 0. The van der Waals surface area contributed by atoms with Crippen molar-refractivity contribution in [3.8, 4) is 0 Å². The Kier molecular flexibility index (Phi) is 6.10. The van der Waals surface area contributed by atoms with Crippen molar-refractivity contribution >= 4 is 18.4 Å². The van der Waals surface area contributed by atoms with Crippen LogP contribution in [-0.2, 0) is 4.79 Å². The van der Waals surface area contributed by atoms with Gasteiger partial charge in [0.05, 0.1) is 0 Å². The second-order valence-electron chi connectivity index (χ2n) is 2.60. The number of nitrogens with two attached hydrogens (primary N) is 1. The maximum Gasteiger partial charge on any atom is 0.356 e. The van der Waals surface area contributed by atoms with Crippen LogP contribution in [0.4, 0.5) is 13.2 Å². The lowest BCUT2D eigenvalue weighted by Crippen LogP contribution is -2.49. The van der Waals surface area contributed by atoms with Crippen molar-refractivity contribution in [3.05, 3.63) is 0 Å². The molecule has 1 unspecified atom stereocenters. The quantitative estimate of drug-likeness (QED) is 0.706. The topological polar surface area (TPSA) is 63.3 Å². The molecule has 0 saturated carbocycles. The minimum Gasteiger partial charge on any atom is -0.478 e. The van der Waals surface area contributed by atoms with Crippen molar-refractivity contribution in [2.45, 2.75) is 25.6 Å². The first-order valence-corrected chi connectivity index (χ1v) is 3.27. The monoisotopic (exact) mass is 221 g/mol. The molecule has 0 amide bonds. The molecule has 0 aliphatic rings. The van der Waals surface area contributed by atoms with E-state index in [1.165, 1.54) is 0 Å². The highest BCUT2D eigenvalue weighted by Crippen LogP contribution is 2.22. The van der Waals surface area contributed by atoms with Gasteiger partial charge in [0.1, 0.15) is 0 Å². The molecule has 0 fully saturated rings. The normalized spacial score (nSPS) is 17.4. The van der Waals surface area contributed by atoms with Crippen LogP contribution in [0.5, 0.6) is 0 Å². The number of carboxylic acids is 1. The van der Waals surface area contributed by atoms with Gasteiger partial charge >= 0.3 is 5.97 Å². The molecule has 0 aromatic rings. The van der Waals surface area contributed by atoms with E-state index in [4.69, 9.17) is 5.11 Å². The lowest BCUT2D eigenvalue weighted by molar-refractivity contribution is -0.155. The molecule has 0 saturated heterocycles. The molecule has 0 radical (unpaired) electrons. The maximum absolute atomic E-state index is 12.8. The van der Waals surface area contributed by atoms with Crippen LogP contribution >= 0.6 is 12.4 Å². The van der Waals surface area contributed by atoms with E-state index in [0.717, 1.165) is 6.92 Å². The Labute approximate surface area is 79.5 Å². The highest BCUT2D eigenvalue weighted by Gasteiger charge is 2.41. The van der Waals surface area contributed by atoms with E-state index in [0.29, 0.717) is 0 Å². The van der Waals surface area contributed by atoms with E-state index < -0.39 is 30.5 Å². The Bertz CT molecular complexity index is 177. The Balaban J connectivity index is 0. The summed E-state index contributed by atoms with van der Waals surface area (Å²) in [6, 6.07) is 0. The zero-order chi connectivity index (χ0) is 9.94. The van der Waals surface area contributed by atoms with Crippen LogP contribution in [0.25, 0.3) is 0 Å². The zero-order valence-corrected chi connectivity index (χ0v) is 7.65. The van der Waals surface area contributed by atoms with E-state index in [2.05, 4.69) is 5.73 Å². The van der Waals surface area contributed by atoms with Crippen LogP contribution in [0.1, 0.15) is 13.3 Å². The highest BCUT2D eigenvalue weighted by molar-refractivity contribution is 5.85. The summed E-state index contributed by atoms with van der Waals surface area (Å²) in [6.45, 7) is 1.03. The van der Waals surface area contributed by atoms with Gasteiger partial charge in [0.2, 0.25) is 6.43 Å². The standard InChI is InChI=1S/C6H10F3NO2.ClH/c1-3(2-4(7)8)6(9,10)5(11)12;/h3-4H,2,10H2,1H3,(H,11,12);1H/t3?,6-;/m0./s1. The van der Waals surface area contributed by atoms with Gasteiger partial charge in [-0.05, 0) is 0 Å². The Morgan fingerprint density at radius 3 is 2.23 bits per heavy atom. The van der Waals surface area contributed by atoms with Gasteiger partial charge in [0.15, 0.2) is 0 Å². The van der Waals surface area contributed by atoms with Crippen LogP contribution in [0.2, 0.25) is 0 Å². The third kappa shape index (κ3) is 4.33. The van der Waals surface area contributed by atoms with E-state index in [1.807, 2.05) is 0 Å². The molecular formula is C6H11ClF3NO2. The number of carbonyl (C=O) groups is 1. The molecule has 13 heavy (non-hydrogen) atoms. The number of aliphatic carboxylic acids is 1. The molecule has 0 spiro atoms. The first-order chi connectivity index (χ1) is 5.28. The SMILES string of the molecule is CC(CC(F)F)[C@@](N)(F)C(=O)O.Cl. The lowest BCUT2D eigenvalue weighted by Gasteiger charge is -2.22. The van der Waals surface area contributed by atoms with E-state index in [1.54, 1.807) is 0 Å². The lowest BCUT2D eigenvalue weighted by atomic mass is 9.97. The van der Waals surface area contributed by atoms with Crippen LogP contribution < -0.4 is 5.73 Å². The van der Waals surface area contributed by atoms with Crippen molar-refractivity contribution < 1.29 is 23.1 Å². The van der Waals surface area contributed by atoms with Crippen molar-refractivity contribution in [2.24, 2.45) is 11.7 Å². The molecular weight excluding hydrogens is 211 g/mol. The molecule has 0 aliphatic heterocycles. The van der Waals surface area contributed by atoms with E-state index >= 15 is 0 Å². The molecule has 3 nitrogen and oxygen atoms in total. The fourth-order valence-corrected chi connectivity index (χ4v) is 0.650. The summed E-state index contributed by atoms with van der Waals surface area (Å²) in [5.41, 5.74) is 4.65. The number of alkyl halides is 3. The van der Waals surface area contributed by atoms with Gasteiger partial charge in [-0.25, -0.2) is 18.0 Å². The molecule has 7 heteroatoms. The molecule has 80 valence electrons. The highest BCUT2D eigenvalue weighted by atomic mass is 35.5. The Morgan fingerprint density at radius 2 is 2.00 bits per heavy atom. The Hall–Kier alpha value is -0.490. The molecule has 0 bridgehead atoms. The second kappa shape index (κ2) is 5.29. The third-order valence-corrected chi connectivity index (χ3v) is 1.58. The average molecular weight is 222 g/mol. The number of halogens is 4. The summed E-state index contributed by atoms with van der Waals surface area (Å²) >= 11 is 0. The van der Waals surface area contributed by atoms with Crippen molar-refractivity contribution in [2.75, 3.05) is 0 Å². The first kappa shape index (κ1) is 15.0. The summed E-state index contributed by atoms with van der Waals surface area (Å²) in [5, 5.41) is 8.18. The summed E-state index contributed by atoms with van der Waals surface area (Å²) in [6.07, 6.45) is -3.61. The van der Waals surface area contributed by atoms with Crippen molar-refractivity contribution in [3.63, 3.8) is 0 Å². The molecule has 0 aliphatic carbocycles. The molecule has 0 aromatic carbocycles. The van der Waals surface area contributed by atoms with Gasteiger partial charge in [0, 0.05) is 12.3 Å². The smallest absolute Gasteiger partial charge is 0.356 e. The average Bonchev–Trinajstić information content (AvgIpc) is 1.85. The predicted octanol–water partition coefficient (Wildman–Crippen LogP) is 1.41. The molecule has 3 N–H and O–H groups in total. The number of hydrogen-bond donors (Lipinski definition) is 2. The molecule has 0 aromatic heterocycles. The van der Waals surface area contributed by atoms with Crippen LogP contribution in [0.15, 0.2) is 0 Å². The fraction of sp³-hybridized carbons (Fsp3) is 0.833. The first-order valence-electron chi connectivity index (χ1n) is 3.27. The molecule has 2 atom stereocenters.